The summed E-state index contributed by atoms with van der Waals surface area (Å²) in [7, 11) is 1.36. The lowest BCUT2D eigenvalue weighted by molar-refractivity contribution is -0.140. The van der Waals surface area contributed by atoms with Gasteiger partial charge in [-0.1, -0.05) is 0 Å². The number of nitrogens with two attached hydrogens (primary N) is 1. The summed E-state index contributed by atoms with van der Waals surface area (Å²) in [4.78, 5) is 14.6. The van der Waals surface area contributed by atoms with Crippen molar-refractivity contribution in [3.8, 4) is 5.75 Å². The minimum atomic E-state index is -0.238. The predicted molar refractivity (Wildman–Crippen MR) is 55.4 cm³/mol. The largest absolute Gasteiger partial charge is 0.490 e. The van der Waals surface area contributed by atoms with E-state index in [1.54, 1.807) is 18.3 Å². The van der Waals surface area contributed by atoms with Crippen LogP contribution in [-0.2, 0) is 9.53 Å². The third-order valence-corrected chi connectivity index (χ3v) is 1.81. The van der Waals surface area contributed by atoms with Crippen molar-refractivity contribution in [2.75, 3.05) is 19.5 Å². The van der Waals surface area contributed by atoms with E-state index in [9.17, 15) is 4.79 Å². The number of methoxy groups -OCH3 is 1. The highest BCUT2D eigenvalue weighted by Crippen LogP contribution is 2.16. The molecule has 0 unspecified atom stereocenters. The summed E-state index contributed by atoms with van der Waals surface area (Å²) in [5.74, 6) is 0.663. The quantitative estimate of drug-likeness (QED) is 0.579. The molecule has 5 heteroatoms. The number of carbonyl (C=O) groups excluding carboxylic acids is 1. The van der Waals surface area contributed by atoms with Crippen molar-refractivity contribution in [1.82, 2.24) is 4.98 Å². The Morgan fingerprint density at radius 3 is 3.07 bits per heavy atom. The van der Waals surface area contributed by atoms with E-state index in [1.165, 1.54) is 7.11 Å². The topological polar surface area (TPSA) is 74.4 Å². The van der Waals surface area contributed by atoms with Crippen molar-refractivity contribution in [2.24, 2.45) is 0 Å². The van der Waals surface area contributed by atoms with Crippen molar-refractivity contribution in [3.05, 3.63) is 18.3 Å². The maximum atomic E-state index is 10.8. The molecule has 82 valence electrons. The van der Waals surface area contributed by atoms with E-state index >= 15 is 0 Å². The van der Waals surface area contributed by atoms with E-state index in [-0.39, 0.29) is 5.97 Å². The van der Waals surface area contributed by atoms with Gasteiger partial charge in [-0.2, -0.15) is 0 Å². The monoisotopic (exact) mass is 210 g/mol. The highest BCUT2D eigenvalue weighted by molar-refractivity contribution is 5.69. The number of nitrogen functional groups attached to an aromatic ring is 1. The van der Waals surface area contributed by atoms with Crippen LogP contribution in [-0.4, -0.2) is 24.7 Å². The molecule has 15 heavy (non-hydrogen) atoms. The molecule has 1 heterocycles. The number of nitrogens with zero attached hydrogens (tertiary/aromatic N) is 1. The number of carbonyl (C=O) groups is 1. The van der Waals surface area contributed by atoms with Gasteiger partial charge in [-0.15, -0.1) is 0 Å². The van der Waals surface area contributed by atoms with Gasteiger partial charge in [-0.05, 0) is 18.6 Å². The Kier molecular flexibility index (Phi) is 4.40. The Balaban J connectivity index is 2.26. The van der Waals surface area contributed by atoms with Crippen molar-refractivity contribution in [1.29, 1.82) is 0 Å². The van der Waals surface area contributed by atoms with Gasteiger partial charge in [0, 0.05) is 12.6 Å². The summed E-state index contributed by atoms with van der Waals surface area (Å²) in [6, 6.07) is 3.48. The summed E-state index contributed by atoms with van der Waals surface area (Å²) in [6.07, 6.45) is 2.54. The van der Waals surface area contributed by atoms with Crippen molar-refractivity contribution in [3.63, 3.8) is 0 Å². The fraction of sp³-hybridized carbons (Fsp3) is 0.400. The first-order valence-electron chi connectivity index (χ1n) is 4.64. The molecule has 0 saturated carbocycles. The Hall–Kier alpha value is -1.78. The van der Waals surface area contributed by atoms with Gasteiger partial charge < -0.3 is 15.2 Å². The highest BCUT2D eigenvalue weighted by atomic mass is 16.5. The number of anilines is 1. The minimum absolute atomic E-state index is 0.238. The molecule has 0 aromatic carbocycles. The van der Waals surface area contributed by atoms with Crippen LogP contribution in [0.1, 0.15) is 12.8 Å². The lowest BCUT2D eigenvalue weighted by Gasteiger charge is -2.06. The van der Waals surface area contributed by atoms with Crippen LogP contribution in [0, 0.1) is 0 Å². The SMILES string of the molecule is COC(=O)CCCOc1cccnc1N. The van der Waals surface area contributed by atoms with E-state index in [4.69, 9.17) is 10.5 Å². The van der Waals surface area contributed by atoms with Crippen LogP contribution in [0.4, 0.5) is 5.82 Å². The molecule has 5 nitrogen and oxygen atoms in total. The van der Waals surface area contributed by atoms with Gasteiger partial charge in [-0.3, -0.25) is 4.79 Å². The molecule has 1 aromatic rings. The second-order valence-corrected chi connectivity index (χ2v) is 2.91. The minimum Gasteiger partial charge on any atom is -0.490 e. The summed E-state index contributed by atoms with van der Waals surface area (Å²) < 4.78 is 9.83. The van der Waals surface area contributed by atoms with Crippen LogP contribution in [0.2, 0.25) is 0 Å². The van der Waals surface area contributed by atoms with Crippen molar-refractivity contribution < 1.29 is 14.3 Å². The molecule has 0 fully saturated rings. The Morgan fingerprint density at radius 1 is 1.60 bits per heavy atom. The Bertz CT molecular complexity index is 328. The fourth-order valence-corrected chi connectivity index (χ4v) is 1.03. The first-order chi connectivity index (χ1) is 7.24. The molecule has 1 aromatic heterocycles. The zero-order valence-corrected chi connectivity index (χ0v) is 8.60. The average molecular weight is 210 g/mol. The standard InChI is InChI=1S/C10H14N2O3/c1-14-9(13)5-3-7-15-8-4-2-6-12-10(8)11/h2,4,6H,3,5,7H2,1H3,(H2,11,12). The number of aromatic nitrogens is 1. The van der Waals surface area contributed by atoms with E-state index in [2.05, 4.69) is 9.72 Å². The lowest BCUT2D eigenvalue weighted by Crippen LogP contribution is -2.05. The molecule has 0 aliphatic rings. The summed E-state index contributed by atoms with van der Waals surface area (Å²) in [5.41, 5.74) is 5.56. The van der Waals surface area contributed by atoms with E-state index in [0.29, 0.717) is 31.0 Å². The molecular weight excluding hydrogens is 196 g/mol. The molecule has 0 spiro atoms. The van der Waals surface area contributed by atoms with Crippen LogP contribution in [0.3, 0.4) is 0 Å². The van der Waals surface area contributed by atoms with Crippen LogP contribution in [0.25, 0.3) is 0 Å². The first kappa shape index (κ1) is 11.3. The van der Waals surface area contributed by atoms with Gasteiger partial charge >= 0.3 is 5.97 Å². The molecule has 1 rings (SSSR count). The molecular formula is C10H14N2O3. The zero-order valence-electron chi connectivity index (χ0n) is 8.60. The molecule has 2 N–H and O–H groups in total. The predicted octanol–water partition coefficient (Wildman–Crippen LogP) is 0.996. The summed E-state index contributed by atoms with van der Waals surface area (Å²) in [6.45, 7) is 0.422. The van der Waals surface area contributed by atoms with E-state index in [1.807, 2.05) is 0 Å². The lowest BCUT2D eigenvalue weighted by atomic mass is 10.3. The second kappa shape index (κ2) is 5.85. The Labute approximate surface area is 88.2 Å². The summed E-state index contributed by atoms with van der Waals surface area (Å²) in [5, 5.41) is 0. The van der Waals surface area contributed by atoms with Gasteiger partial charge in [-0.25, -0.2) is 4.98 Å². The number of esters is 1. The molecule has 0 saturated heterocycles. The molecule has 0 amide bonds. The van der Waals surface area contributed by atoms with Crippen LogP contribution >= 0.6 is 0 Å². The fourth-order valence-electron chi connectivity index (χ4n) is 1.03. The van der Waals surface area contributed by atoms with E-state index in [0.717, 1.165) is 0 Å². The van der Waals surface area contributed by atoms with Gasteiger partial charge in [0.2, 0.25) is 0 Å². The number of pyridine rings is 1. The third kappa shape index (κ3) is 3.84. The molecule has 0 radical (unpaired) electrons. The number of ether oxygens (including phenoxy) is 2. The van der Waals surface area contributed by atoms with Crippen LogP contribution in [0.15, 0.2) is 18.3 Å². The van der Waals surface area contributed by atoms with Gasteiger partial charge in [0.05, 0.1) is 13.7 Å². The van der Waals surface area contributed by atoms with Gasteiger partial charge in [0.25, 0.3) is 0 Å². The van der Waals surface area contributed by atoms with E-state index < -0.39 is 0 Å². The Morgan fingerprint density at radius 2 is 2.40 bits per heavy atom. The number of rotatable bonds is 5. The van der Waals surface area contributed by atoms with Crippen LogP contribution in [0.5, 0.6) is 5.75 Å². The summed E-state index contributed by atoms with van der Waals surface area (Å²) >= 11 is 0. The smallest absolute Gasteiger partial charge is 0.305 e. The first-order valence-corrected chi connectivity index (χ1v) is 4.64. The average Bonchev–Trinajstić information content (AvgIpc) is 2.26. The molecule has 0 bridgehead atoms. The number of hydrogen-bond acceptors (Lipinski definition) is 5. The van der Waals surface area contributed by atoms with Crippen molar-refractivity contribution in [2.45, 2.75) is 12.8 Å². The van der Waals surface area contributed by atoms with Gasteiger partial charge in [0.15, 0.2) is 11.6 Å². The molecule has 0 aliphatic heterocycles. The second-order valence-electron chi connectivity index (χ2n) is 2.91. The molecule has 0 aliphatic carbocycles. The van der Waals surface area contributed by atoms with Gasteiger partial charge in [0.1, 0.15) is 0 Å². The zero-order chi connectivity index (χ0) is 11.1. The number of hydrogen-bond donors (Lipinski definition) is 1. The van der Waals surface area contributed by atoms with Crippen molar-refractivity contribution >= 4 is 11.8 Å². The maximum Gasteiger partial charge on any atom is 0.305 e. The molecule has 0 atom stereocenters. The third-order valence-electron chi connectivity index (χ3n) is 1.81. The van der Waals surface area contributed by atoms with Crippen LogP contribution < -0.4 is 10.5 Å². The highest BCUT2D eigenvalue weighted by Gasteiger charge is 2.02. The normalized spacial score (nSPS) is 9.67. The maximum absolute atomic E-state index is 10.8.